The summed E-state index contributed by atoms with van der Waals surface area (Å²) < 4.78 is 0. The Kier molecular flexibility index (Phi) is 4.13. The summed E-state index contributed by atoms with van der Waals surface area (Å²) in [4.78, 5) is 2.40. The summed E-state index contributed by atoms with van der Waals surface area (Å²) in [5, 5.41) is 8.73. The third-order valence-corrected chi connectivity index (χ3v) is 3.31. The van der Waals surface area contributed by atoms with Crippen molar-refractivity contribution in [2.75, 3.05) is 13.1 Å². The second kappa shape index (κ2) is 5.81. The maximum Gasteiger partial charge on any atom is 0.0635 e. The highest BCUT2D eigenvalue weighted by Crippen LogP contribution is 2.33. The van der Waals surface area contributed by atoms with E-state index in [0.717, 1.165) is 6.54 Å². The molecule has 1 aliphatic carbocycles. The first-order chi connectivity index (χ1) is 8.36. The average molecular weight is 229 g/mol. The predicted octanol–water partition coefficient (Wildman–Crippen LogP) is 2.06. The maximum atomic E-state index is 8.73. The molecule has 0 amide bonds. The predicted molar refractivity (Wildman–Crippen MR) is 68.2 cm³/mol. The summed E-state index contributed by atoms with van der Waals surface area (Å²) in [7, 11) is 0. The average Bonchev–Trinajstić information content (AvgIpc) is 3.20. The highest BCUT2D eigenvalue weighted by Gasteiger charge is 2.33. The van der Waals surface area contributed by atoms with Crippen LogP contribution in [0.1, 0.15) is 30.9 Å². The van der Waals surface area contributed by atoms with Gasteiger partial charge in [0.1, 0.15) is 0 Å². The Morgan fingerprint density at radius 1 is 1.35 bits per heavy atom. The minimum absolute atomic E-state index is 0.261. The Morgan fingerprint density at radius 2 is 2.06 bits per heavy atom. The van der Waals surface area contributed by atoms with Gasteiger partial charge >= 0.3 is 0 Å². The smallest absolute Gasteiger partial charge is 0.0635 e. The van der Waals surface area contributed by atoms with Gasteiger partial charge in [0.05, 0.1) is 6.07 Å². The molecule has 1 atom stereocenters. The van der Waals surface area contributed by atoms with Crippen LogP contribution in [0.2, 0.25) is 0 Å². The Labute approximate surface area is 103 Å². The second-order valence-corrected chi connectivity index (χ2v) is 4.54. The zero-order chi connectivity index (χ0) is 12.1. The van der Waals surface area contributed by atoms with E-state index in [4.69, 9.17) is 11.0 Å². The van der Waals surface area contributed by atoms with Gasteiger partial charge in [-0.25, -0.2) is 0 Å². The SMILES string of the molecule is N#CCCN(C1CC1)C(CN)c1ccccc1. The number of rotatable bonds is 6. The van der Waals surface area contributed by atoms with Crippen LogP contribution < -0.4 is 5.73 Å². The molecule has 3 nitrogen and oxygen atoms in total. The number of hydrogen-bond donors (Lipinski definition) is 1. The molecule has 1 fully saturated rings. The Balaban J connectivity index is 2.11. The van der Waals surface area contributed by atoms with Gasteiger partial charge in [0, 0.05) is 31.6 Å². The molecule has 0 bridgehead atoms. The lowest BCUT2D eigenvalue weighted by molar-refractivity contribution is 0.195. The van der Waals surface area contributed by atoms with E-state index < -0.39 is 0 Å². The largest absolute Gasteiger partial charge is 0.329 e. The fourth-order valence-corrected chi connectivity index (χ4v) is 2.32. The number of benzene rings is 1. The van der Waals surface area contributed by atoms with Crippen molar-refractivity contribution in [3.63, 3.8) is 0 Å². The molecule has 2 N–H and O–H groups in total. The van der Waals surface area contributed by atoms with Gasteiger partial charge in [-0.3, -0.25) is 4.90 Å². The molecule has 1 aromatic rings. The minimum Gasteiger partial charge on any atom is -0.329 e. The molecule has 1 aliphatic rings. The van der Waals surface area contributed by atoms with Crippen molar-refractivity contribution in [3.05, 3.63) is 35.9 Å². The van der Waals surface area contributed by atoms with Gasteiger partial charge in [-0.15, -0.1) is 0 Å². The van der Waals surface area contributed by atoms with Crippen LogP contribution in [-0.2, 0) is 0 Å². The quantitative estimate of drug-likeness (QED) is 0.812. The number of nitrogens with zero attached hydrogens (tertiary/aromatic N) is 2. The molecule has 1 unspecified atom stereocenters. The Hall–Kier alpha value is -1.37. The zero-order valence-electron chi connectivity index (χ0n) is 10.0. The van der Waals surface area contributed by atoms with E-state index in [0.29, 0.717) is 19.0 Å². The van der Waals surface area contributed by atoms with Gasteiger partial charge in [0.2, 0.25) is 0 Å². The first-order valence-corrected chi connectivity index (χ1v) is 6.24. The van der Waals surface area contributed by atoms with Gasteiger partial charge in [-0.05, 0) is 18.4 Å². The molecule has 0 spiro atoms. The lowest BCUT2D eigenvalue weighted by Gasteiger charge is -2.30. The Bertz CT molecular complexity index is 378. The summed E-state index contributed by atoms with van der Waals surface area (Å²) >= 11 is 0. The van der Waals surface area contributed by atoms with E-state index in [9.17, 15) is 0 Å². The fraction of sp³-hybridized carbons (Fsp3) is 0.500. The summed E-state index contributed by atoms with van der Waals surface area (Å²) in [5.41, 5.74) is 7.18. The van der Waals surface area contributed by atoms with Crippen molar-refractivity contribution < 1.29 is 0 Å². The van der Waals surface area contributed by atoms with Crippen molar-refractivity contribution in [1.29, 1.82) is 5.26 Å². The van der Waals surface area contributed by atoms with Crippen LogP contribution in [0.15, 0.2) is 30.3 Å². The van der Waals surface area contributed by atoms with Crippen LogP contribution in [0, 0.1) is 11.3 Å². The van der Waals surface area contributed by atoms with Crippen LogP contribution in [0.25, 0.3) is 0 Å². The molecule has 0 heterocycles. The molecule has 1 aromatic carbocycles. The monoisotopic (exact) mass is 229 g/mol. The third-order valence-electron chi connectivity index (χ3n) is 3.31. The van der Waals surface area contributed by atoms with E-state index >= 15 is 0 Å². The van der Waals surface area contributed by atoms with Crippen molar-refractivity contribution in [3.8, 4) is 6.07 Å². The topological polar surface area (TPSA) is 53.0 Å². The number of nitriles is 1. The highest BCUT2D eigenvalue weighted by atomic mass is 15.2. The summed E-state index contributed by atoms with van der Waals surface area (Å²) in [6, 6.07) is 13.5. The molecule has 3 heteroatoms. The normalized spacial score (nSPS) is 16.8. The molecule has 90 valence electrons. The van der Waals surface area contributed by atoms with E-state index in [1.807, 2.05) is 18.2 Å². The first-order valence-electron chi connectivity index (χ1n) is 6.24. The van der Waals surface area contributed by atoms with Crippen molar-refractivity contribution in [2.24, 2.45) is 5.73 Å². The van der Waals surface area contributed by atoms with Gasteiger partial charge in [0.25, 0.3) is 0 Å². The minimum atomic E-state index is 0.261. The Morgan fingerprint density at radius 3 is 2.59 bits per heavy atom. The van der Waals surface area contributed by atoms with Crippen LogP contribution in [0.3, 0.4) is 0 Å². The molecular formula is C14H19N3. The van der Waals surface area contributed by atoms with E-state index in [2.05, 4.69) is 23.1 Å². The highest BCUT2D eigenvalue weighted by molar-refractivity contribution is 5.20. The molecular weight excluding hydrogens is 210 g/mol. The van der Waals surface area contributed by atoms with Crippen molar-refractivity contribution >= 4 is 0 Å². The molecule has 0 aromatic heterocycles. The summed E-state index contributed by atoms with van der Waals surface area (Å²) in [6.45, 7) is 1.45. The van der Waals surface area contributed by atoms with Crippen LogP contribution >= 0.6 is 0 Å². The van der Waals surface area contributed by atoms with Gasteiger partial charge in [-0.2, -0.15) is 5.26 Å². The molecule has 0 saturated heterocycles. The lowest BCUT2D eigenvalue weighted by Crippen LogP contribution is -2.36. The van der Waals surface area contributed by atoms with Crippen molar-refractivity contribution in [2.45, 2.75) is 31.3 Å². The lowest BCUT2D eigenvalue weighted by atomic mass is 10.0. The number of nitrogens with two attached hydrogens (primary N) is 1. The van der Waals surface area contributed by atoms with Gasteiger partial charge < -0.3 is 5.73 Å². The third kappa shape index (κ3) is 3.06. The standard InChI is InChI=1S/C14H19N3/c15-9-4-10-17(13-7-8-13)14(11-16)12-5-2-1-3-6-12/h1-3,5-6,13-14H,4,7-8,10-11,16H2. The van der Waals surface area contributed by atoms with E-state index in [1.165, 1.54) is 18.4 Å². The summed E-state index contributed by atoms with van der Waals surface area (Å²) in [6.07, 6.45) is 3.07. The molecule has 2 rings (SSSR count). The van der Waals surface area contributed by atoms with Crippen LogP contribution in [-0.4, -0.2) is 24.0 Å². The molecule has 0 radical (unpaired) electrons. The van der Waals surface area contributed by atoms with E-state index in [1.54, 1.807) is 0 Å². The second-order valence-electron chi connectivity index (χ2n) is 4.54. The van der Waals surface area contributed by atoms with E-state index in [-0.39, 0.29) is 6.04 Å². The van der Waals surface area contributed by atoms with Crippen LogP contribution in [0.4, 0.5) is 0 Å². The number of hydrogen-bond acceptors (Lipinski definition) is 3. The van der Waals surface area contributed by atoms with Crippen LogP contribution in [0.5, 0.6) is 0 Å². The molecule has 1 saturated carbocycles. The maximum absolute atomic E-state index is 8.73. The van der Waals surface area contributed by atoms with Gasteiger partial charge in [0.15, 0.2) is 0 Å². The zero-order valence-corrected chi connectivity index (χ0v) is 10.0. The first kappa shape index (κ1) is 12.1. The molecule has 0 aliphatic heterocycles. The fourth-order valence-electron chi connectivity index (χ4n) is 2.32. The van der Waals surface area contributed by atoms with Gasteiger partial charge in [-0.1, -0.05) is 30.3 Å². The molecule has 17 heavy (non-hydrogen) atoms. The summed E-state index contributed by atoms with van der Waals surface area (Å²) in [5.74, 6) is 0. The van der Waals surface area contributed by atoms with Crippen molar-refractivity contribution in [1.82, 2.24) is 4.90 Å².